The highest BCUT2D eigenvalue weighted by atomic mass is 14.7. The van der Waals surface area contributed by atoms with Gasteiger partial charge in [0.2, 0.25) is 0 Å². The number of hydrogen-bond acceptors (Lipinski definition) is 0. The minimum Gasteiger partial charge on any atom is -0.354 e. The van der Waals surface area contributed by atoms with Gasteiger partial charge in [0.05, 0.1) is 11.0 Å². The van der Waals surface area contributed by atoms with E-state index in [-0.39, 0.29) is 24.2 Å². The molecule has 6 aromatic rings. The molecule has 0 aliphatic carbocycles. The lowest BCUT2D eigenvalue weighted by atomic mass is 9.97. The predicted molar refractivity (Wildman–Crippen MR) is 132 cm³/mol. The van der Waals surface area contributed by atoms with E-state index in [0.29, 0.717) is 10.9 Å². The van der Waals surface area contributed by atoms with Crippen molar-refractivity contribution in [2.75, 3.05) is 0 Å². The lowest BCUT2D eigenvalue weighted by Gasteiger charge is -2.08. The van der Waals surface area contributed by atoms with Crippen LogP contribution in [0.2, 0.25) is 0 Å². The van der Waals surface area contributed by atoms with E-state index in [9.17, 15) is 0 Å². The fourth-order valence-corrected chi connectivity index (χ4v) is 4.20. The Morgan fingerprint density at radius 2 is 1.06 bits per heavy atom. The molecule has 0 saturated carbocycles. The van der Waals surface area contributed by atoms with Gasteiger partial charge in [-0.15, -0.1) is 0 Å². The smallest absolute Gasteiger partial charge is 0.0645 e. The highest BCUT2D eigenvalue weighted by Gasteiger charge is 2.09. The number of aromatic amines is 1. The second-order valence-electron chi connectivity index (χ2n) is 7.62. The average Bonchev–Trinajstić information content (AvgIpc) is 3.31. The van der Waals surface area contributed by atoms with E-state index in [1.54, 1.807) is 0 Å². The summed E-state index contributed by atoms with van der Waals surface area (Å²) >= 11 is 0. The molecule has 1 heteroatoms. The third kappa shape index (κ3) is 3.12. The molecule has 1 N–H and O–H groups in total. The lowest BCUT2D eigenvalue weighted by Crippen LogP contribution is -1.83. The minimum atomic E-state index is -0.224. The summed E-state index contributed by atoms with van der Waals surface area (Å²) in [6.07, 6.45) is 0. The second-order valence-corrected chi connectivity index (χ2v) is 7.62. The molecular weight excluding hydrogens is 374 g/mol. The Labute approximate surface area is 187 Å². The van der Waals surface area contributed by atoms with Gasteiger partial charge in [-0.3, -0.25) is 0 Å². The third-order valence-electron chi connectivity index (χ3n) is 5.79. The molecule has 1 nitrogen and oxygen atoms in total. The number of rotatable bonds is 3. The van der Waals surface area contributed by atoms with E-state index >= 15 is 0 Å². The molecule has 146 valence electrons. The first kappa shape index (κ1) is 14.0. The number of nitrogens with one attached hydrogen (secondary N) is 1. The number of benzene rings is 5. The predicted octanol–water partition coefficient (Wildman–Crippen LogP) is 8.32. The monoisotopic (exact) mass is 399 g/mol. The fourth-order valence-electron chi connectivity index (χ4n) is 4.20. The lowest BCUT2D eigenvalue weighted by molar-refractivity contribution is 1.53. The summed E-state index contributed by atoms with van der Waals surface area (Å²) in [5.41, 5.74) is 7.88. The van der Waals surface area contributed by atoms with Crippen molar-refractivity contribution >= 4 is 21.8 Å². The van der Waals surface area contributed by atoms with Crippen LogP contribution in [0, 0.1) is 0 Å². The standard InChI is InChI=1S/C30H21N/c1-2-7-21(8-3-1)22-13-15-23(16-14-22)24-17-19-25(20-18-24)26-10-6-11-28-27-9-4-5-12-29(27)31-30(26)28/h1-20,31H/i4D,5D,9D,12D. The maximum absolute atomic E-state index is 8.38. The van der Waals surface area contributed by atoms with Crippen molar-refractivity contribution in [1.29, 1.82) is 0 Å². The van der Waals surface area contributed by atoms with Gasteiger partial charge < -0.3 is 4.98 Å². The average molecular weight is 400 g/mol. The summed E-state index contributed by atoms with van der Waals surface area (Å²) in [5, 5.41) is 1.33. The molecule has 0 spiro atoms. The summed E-state index contributed by atoms with van der Waals surface area (Å²) in [7, 11) is 0. The van der Waals surface area contributed by atoms with Crippen LogP contribution in [0.15, 0.2) is 121 Å². The molecular formula is C30H21N. The van der Waals surface area contributed by atoms with Crippen LogP contribution in [0.25, 0.3) is 55.2 Å². The topological polar surface area (TPSA) is 15.8 Å². The van der Waals surface area contributed by atoms with Crippen molar-refractivity contribution in [3.8, 4) is 33.4 Å². The number of aromatic nitrogens is 1. The van der Waals surface area contributed by atoms with Crippen LogP contribution in [0.1, 0.15) is 5.48 Å². The molecule has 0 aliphatic rings. The van der Waals surface area contributed by atoms with Gasteiger partial charge in [0.1, 0.15) is 0 Å². The van der Waals surface area contributed by atoms with Gasteiger partial charge in [-0.05, 0) is 33.9 Å². The van der Waals surface area contributed by atoms with Crippen molar-refractivity contribution in [3.63, 3.8) is 0 Å². The molecule has 1 heterocycles. The van der Waals surface area contributed by atoms with Gasteiger partial charge in [0, 0.05) is 21.9 Å². The van der Waals surface area contributed by atoms with Crippen molar-refractivity contribution in [2.24, 2.45) is 0 Å². The summed E-state index contributed by atoms with van der Waals surface area (Å²) < 4.78 is 32.8. The van der Waals surface area contributed by atoms with Crippen LogP contribution in [0.4, 0.5) is 0 Å². The minimum absolute atomic E-state index is 0.0151. The molecule has 1 aromatic heterocycles. The SMILES string of the molecule is [2H]c1c([2H])c([2H])c2c([nH]c3c(-c4ccc(-c5ccc(-c6ccccc6)cc5)cc4)cccc32)c1[2H]. The van der Waals surface area contributed by atoms with Gasteiger partial charge in [-0.25, -0.2) is 0 Å². The van der Waals surface area contributed by atoms with E-state index in [0.717, 1.165) is 33.2 Å². The van der Waals surface area contributed by atoms with E-state index in [4.69, 9.17) is 5.48 Å². The summed E-state index contributed by atoms with van der Waals surface area (Å²) in [6, 6.07) is 32.6. The van der Waals surface area contributed by atoms with E-state index < -0.39 is 0 Å². The van der Waals surface area contributed by atoms with E-state index in [1.807, 2.05) is 36.4 Å². The molecule has 0 saturated heterocycles. The number of para-hydroxylation sites is 2. The van der Waals surface area contributed by atoms with Crippen LogP contribution in [0.3, 0.4) is 0 Å². The maximum atomic E-state index is 8.38. The quantitative estimate of drug-likeness (QED) is 0.308. The molecule has 5 aromatic carbocycles. The highest BCUT2D eigenvalue weighted by Crippen LogP contribution is 2.34. The number of hydrogen-bond donors (Lipinski definition) is 1. The highest BCUT2D eigenvalue weighted by molar-refractivity contribution is 6.11. The van der Waals surface area contributed by atoms with Crippen LogP contribution >= 0.6 is 0 Å². The van der Waals surface area contributed by atoms with Crippen LogP contribution in [-0.4, -0.2) is 4.98 Å². The zero-order valence-corrected chi connectivity index (χ0v) is 16.7. The Bertz CT molecular complexity index is 1700. The molecule has 0 fully saturated rings. The summed E-state index contributed by atoms with van der Waals surface area (Å²) in [5.74, 6) is 0. The molecule has 0 amide bonds. The Balaban J connectivity index is 1.40. The van der Waals surface area contributed by atoms with E-state index in [2.05, 4.69) is 65.6 Å². The van der Waals surface area contributed by atoms with Gasteiger partial charge in [0.25, 0.3) is 0 Å². The molecule has 0 atom stereocenters. The first-order chi connectivity index (χ1) is 17.0. The second kappa shape index (κ2) is 7.30. The van der Waals surface area contributed by atoms with Crippen molar-refractivity contribution in [3.05, 3.63) is 121 Å². The van der Waals surface area contributed by atoms with Crippen molar-refractivity contribution in [1.82, 2.24) is 4.98 Å². The van der Waals surface area contributed by atoms with Crippen LogP contribution < -0.4 is 0 Å². The first-order valence-corrected chi connectivity index (χ1v) is 10.3. The molecule has 0 radical (unpaired) electrons. The van der Waals surface area contributed by atoms with Crippen LogP contribution in [-0.2, 0) is 0 Å². The van der Waals surface area contributed by atoms with Gasteiger partial charge in [-0.2, -0.15) is 0 Å². The molecule has 0 bridgehead atoms. The van der Waals surface area contributed by atoms with E-state index in [1.165, 1.54) is 11.1 Å². The fraction of sp³-hybridized carbons (Fsp3) is 0. The Kier molecular flexibility index (Phi) is 3.30. The Morgan fingerprint density at radius 3 is 1.74 bits per heavy atom. The van der Waals surface area contributed by atoms with Gasteiger partial charge in [-0.1, -0.05) is 115 Å². The third-order valence-corrected chi connectivity index (χ3v) is 5.79. The molecule has 0 aliphatic heterocycles. The summed E-state index contributed by atoms with van der Waals surface area (Å²) in [6.45, 7) is 0. The van der Waals surface area contributed by atoms with Crippen molar-refractivity contribution < 1.29 is 5.48 Å². The zero-order valence-electron chi connectivity index (χ0n) is 20.7. The number of fused-ring (bicyclic) bond motifs is 3. The Morgan fingerprint density at radius 1 is 0.484 bits per heavy atom. The molecule has 31 heavy (non-hydrogen) atoms. The largest absolute Gasteiger partial charge is 0.354 e. The zero-order chi connectivity index (χ0) is 24.1. The normalized spacial score (nSPS) is 13.0. The van der Waals surface area contributed by atoms with Crippen LogP contribution in [0.5, 0.6) is 0 Å². The Hall–Kier alpha value is -4.10. The van der Waals surface area contributed by atoms with Gasteiger partial charge in [0.15, 0.2) is 0 Å². The number of H-pyrrole nitrogens is 1. The summed E-state index contributed by atoms with van der Waals surface area (Å²) in [4.78, 5) is 3.28. The van der Waals surface area contributed by atoms with Crippen molar-refractivity contribution in [2.45, 2.75) is 0 Å². The maximum Gasteiger partial charge on any atom is 0.0645 e. The van der Waals surface area contributed by atoms with Gasteiger partial charge >= 0.3 is 0 Å². The molecule has 0 unspecified atom stereocenters. The first-order valence-electron chi connectivity index (χ1n) is 12.3. The molecule has 6 rings (SSSR count).